The summed E-state index contributed by atoms with van der Waals surface area (Å²) in [7, 11) is 0. The van der Waals surface area contributed by atoms with Crippen LogP contribution >= 0.6 is 0 Å². The van der Waals surface area contributed by atoms with Crippen molar-refractivity contribution in [1.29, 1.82) is 0 Å². The van der Waals surface area contributed by atoms with Crippen LogP contribution in [0.25, 0.3) is 5.65 Å². The number of H-pyrrole nitrogens is 1. The molecule has 2 saturated heterocycles. The second-order valence-electron chi connectivity index (χ2n) is 10.2. The number of hydrogen-bond donors (Lipinski definition) is 4. The monoisotopic (exact) mass is 497 g/mol. The molecule has 3 aromatic rings. The van der Waals surface area contributed by atoms with Crippen LogP contribution in [0.1, 0.15) is 31.1 Å². The number of aromatic nitrogens is 5. The van der Waals surface area contributed by atoms with Crippen molar-refractivity contribution in [2.75, 3.05) is 43.0 Å². The Kier molecular flexibility index (Phi) is 5.03. The van der Waals surface area contributed by atoms with Crippen molar-refractivity contribution < 1.29 is 18.7 Å². The highest BCUT2D eigenvalue weighted by Gasteiger charge is 2.58. The van der Waals surface area contributed by atoms with E-state index in [1.165, 1.54) is 0 Å². The molecule has 13 heteroatoms. The van der Waals surface area contributed by atoms with Crippen molar-refractivity contribution in [3.8, 4) is 0 Å². The zero-order chi connectivity index (χ0) is 24.3. The molecule has 5 heterocycles. The minimum absolute atomic E-state index is 0.0125. The van der Waals surface area contributed by atoms with E-state index in [0.717, 1.165) is 62.7 Å². The number of aromatic amines is 1. The Balaban J connectivity index is 1.02. The van der Waals surface area contributed by atoms with Crippen molar-refractivity contribution in [2.24, 2.45) is 5.92 Å². The van der Waals surface area contributed by atoms with E-state index in [-0.39, 0.29) is 12.1 Å². The number of alkyl carbamates (subject to hydrolysis) is 1. The normalized spacial score (nSPS) is 31.1. The van der Waals surface area contributed by atoms with Crippen LogP contribution in [0.5, 0.6) is 0 Å². The lowest BCUT2D eigenvalue weighted by molar-refractivity contribution is -0.0528. The van der Waals surface area contributed by atoms with Gasteiger partial charge in [0.25, 0.3) is 0 Å². The number of nitrogens with one attached hydrogen (secondary N) is 4. The zero-order valence-electron chi connectivity index (χ0n) is 19.6. The molecule has 0 unspecified atom stereocenters. The SMILES string of the molecule is O=C(NC12CC(C1)C2)O[C@@H]1CO[C@H](c2cc(Nc3ncc(N4CCNCC4)c4nccn34)n[nH]2)[C@@H]1F. The van der Waals surface area contributed by atoms with Crippen LogP contribution in [-0.4, -0.2) is 81.3 Å². The molecule has 3 atom stereocenters. The highest BCUT2D eigenvalue weighted by Crippen LogP contribution is 2.57. The zero-order valence-corrected chi connectivity index (χ0v) is 19.6. The van der Waals surface area contributed by atoms with Crippen molar-refractivity contribution in [3.05, 3.63) is 30.4 Å². The van der Waals surface area contributed by atoms with Gasteiger partial charge in [-0.3, -0.25) is 9.50 Å². The number of fused-ring (bicyclic) bond motifs is 1. The molecular formula is C23H28FN9O3. The first-order valence-corrected chi connectivity index (χ1v) is 12.4. The number of halogens is 1. The molecule has 0 spiro atoms. The molecule has 36 heavy (non-hydrogen) atoms. The largest absolute Gasteiger partial charge is 0.441 e. The van der Waals surface area contributed by atoms with Gasteiger partial charge >= 0.3 is 6.09 Å². The van der Waals surface area contributed by atoms with Crippen molar-refractivity contribution in [3.63, 3.8) is 0 Å². The first-order chi connectivity index (χ1) is 17.6. The van der Waals surface area contributed by atoms with E-state index in [1.54, 1.807) is 18.5 Å². The van der Waals surface area contributed by atoms with E-state index in [9.17, 15) is 4.79 Å². The van der Waals surface area contributed by atoms with Crippen LogP contribution < -0.4 is 20.9 Å². The van der Waals surface area contributed by atoms with Crippen LogP contribution in [-0.2, 0) is 9.47 Å². The second-order valence-corrected chi connectivity index (χ2v) is 10.2. The van der Waals surface area contributed by atoms with Gasteiger partial charge in [-0.15, -0.1) is 0 Å². The highest BCUT2D eigenvalue weighted by molar-refractivity contribution is 5.71. The van der Waals surface area contributed by atoms with Crippen LogP contribution in [0.3, 0.4) is 0 Å². The van der Waals surface area contributed by atoms with E-state index in [0.29, 0.717) is 17.5 Å². The van der Waals surface area contributed by atoms with Gasteiger partial charge in [0, 0.05) is 50.2 Å². The molecule has 12 nitrogen and oxygen atoms in total. The number of hydrogen-bond acceptors (Lipinski definition) is 9. The maximum Gasteiger partial charge on any atom is 0.408 e. The maximum absolute atomic E-state index is 15.1. The lowest BCUT2D eigenvalue weighted by atomic mass is 9.50. The summed E-state index contributed by atoms with van der Waals surface area (Å²) in [4.78, 5) is 23.6. The number of ether oxygens (including phenoxy) is 2. The van der Waals surface area contributed by atoms with Crippen molar-refractivity contribution >= 4 is 29.2 Å². The van der Waals surface area contributed by atoms with Crippen molar-refractivity contribution in [2.45, 2.75) is 43.2 Å². The number of anilines is 3. The molecule has 3 aliphatic carbocycles. The fourth-order valence-electron chi connectivity index (χ4n) is 5.74. The number of amides is 1. The number of carbonyl (C=O) groups excluding carboxylic acids is 1. The third-order valence-electron chi connectivity index (χ3n) is 7.76. The Morgan fingerprint density at radius 2 is 2.08 bits per heavy atom. The number of rotatable bonds is 6. The molecule has 0 aromatic carbocycles. The number of carbonyl (C=O) groups is 1. The summed E-state index contributed by atoms with van der Waals surface area (Å²) >= 11 is 0. The van der Waals surface area contributed by atoms with Gasteiger partial charge in [-0.05, 0) is 25.2 Å². The van der Waals surface area contributed by atoms with E-state index >= 15 is 4.39 Å². The van der Waals surface area contributed by atoms with Crippen LogP contribution in [0.15, 0.2) is 24.7 Å². The summed E-state index contributed by atoms with van der Waals surface area (Å²) in [5.74, 6) is 1.73. The maximum atomic E-state index is 15.1. The third kappa shape index (κ3) is 3.64. The number of imidazole rings is 1. The Hall–Kier alpha value is -3.45. The Bertz CT molecular complexity index is 1270. The van der Waals surface area contributed by atoms with Gasteiger partial charge in [-0.1, -0.05) is 0 Å². The summed E-state index contributed by atoms with van der Waals surface area (Å²) < 4.78 is 28.0. The van der Waals surface area contributed by atoms with Crippen LogP contribution in [0.4, 0.5) is 26.6 Å². The van der Waals surface area contributed by atoms with Gasteiger partial charge in [0.2, 0.25) is 5.95 Å². The minimum atomic E-state index is -1.51. The average Bonchev–Trinajstić information content (AvgIpc) is 3.58. The summed E-state index contributed by atoms with van der Waals surface area (Å²) in [5.41, 5.74) is 2.10. The van der Waals surface area contributed by atoms with E-state index in [4.69, 9.17) is 9.47 Å². The van der Waals surface area contributed by atoms with Gasteiger partial charge in [-0.2, -0.15) is 5.10 Å². The fourth-order valence-corrected chi connectivity index (χ4v) is 5.74. The molecule has 4 N–H and O–H groups in total. The molecular weight excluding hydrogens is 469 g/mol. The number of piperazine rings is 1. The lowest BCUT2D eigenvalue weighted by Gasteiger charge is -2.61. The fraction of sp³-hybridized carbons (Fsp3) is 0.565. The molecule has 190 valence electrons. The summed E-state index contributed by atoms with van der Waals surface area (Å²) in [6.07, 6.45) is 4.40. The van der Waals surface area contributed by atoms with Gasteiger partial charge < -0.3 is 30.3 Å². The molecule has 2 bridgehead atoms. The Labute approximate surface area is 205 Å². The average molecular weight is 498 g/mol. The van der Waals surface area contributed by atoms with E-state index in [1.807, 2.05) is 10.6 Å². The van der Waals surface area contributed by atoms with E-state index in [2.05, 4.69) is 41.0 Å². The molecule has 5 aliphatic rings. The quantitative estimate of drug-likeness (QED) is 0.401. The molecule has 2 aliphatic heterocycles. The highest BCUT2D eigenvalue weighted by atomic mass is 19.1. The van der Waals surface area contributed by atoms with Gasteiger partial charge in [0.1, 0.15) is 6.10 Å². The molecule has 1 amide bonds. The predicted octanol–water partition coefficient (Wildman–Crippen LogP) is 1.66. The number of alkyl halides is 1. The molecule has 0 radical (unpaired) electrons. The molecule has 3 saturated carbocycles. The standard InChI is InChI=1S/C23H28FN9O3/c24-18-16(36-22(34)29-23-8-13(9-23)10-23)12-35-19(18)14-7-17(31-30-14)28-21-27-11-15(20-26-3-6-33(20)21)32-4-1-25-2-5-32/h3,6-7,11,13,16,18-19,25H,1-2,4-5,8-10,12H2,(H,29,34)(H2,27,28,30,31)/t13?,16-,18-,19-,23?/m1/s1. The van der Waals surface area contributed by atoms with Gasteiger partial charge in [0.15, 0.2) is 23.7 Å². The number of nitrogens with zero attached hydrogens (tertiary/aromatic N) is 5. The van der Waals surface area contributed by atoms with Crippen molar-refractivity contribution in [1.82, 2.24) is 35.2 Å². The summed E-state index contributed by atoms with van der Waals surface area (Å²) in [6.45, 7) is 3.60. The summed E-state index contributed by atoms with van der Waals surface area (Å²) in [6, 6.07) is 1.68. The molecule has 5 fully saturated rings. The van der Waals surface area contributed by atoms with Crippen LogP contribution in [0, 0.1) is 5.92 Å². The third-order valence-corrected chi connectivity index (χ3v) is 7.76. The van der Waals surface area contributed by atoms with E-state index < -0.39 is 24.5 Å². The smallest absolute Gasteiger partial charge is 0.408 e. The lowest BCUT2D eigenvalue weighted by Crippen LogP contribution is -2.68. The first kappa shape index (κ1) is 21.8. The molecule has 8 rings (SSSR count). The minimum Gasteiger partial charge on any atom is -0.441 e. The van der Waals surface area contributed by atoms with Gasteiger partial charge in [0.05, 0.1) is 24.2 Å². The van der Waals surface area contributed by atoms with Crippen LogP contribution in [0.2, 0.25) is 0 Å². The first-order valence-electron chi connectivity index (χ1n) is 12.4. The molecule has 3 aromatic heterocycles. The second kappa shape index (κ2) is 8.30. The Morgan fingerprint density at radius 3 is 2.86 bits per heavy atom. The predicted molar refractivity (Wildman–Crippen MR) is 127 cm³/mol. The summed E-state index contributed by atoms with van der Waals surface area (Å²) in [5, 5.41) is 16.5. The topological polar surface area (TPSA) is 134 Å². The Morgan fingerprint density at radius 1 is 1.25 bits per heavy atom. The van der Waals surface area contributed by atoms with Gasteiger partial charge in [-0.25, -0.2) is 19.2 Å².